The van der Waals surface area contributed by atoms with Crippen molar-refractivity contribution in [3.05, 3.63) is 60.7 Å². The molecular weight excluding hydrogens is 272 g/mol. The summed E-state index contributed by atoms with van der Waals surface area (Å²) in [6, 6.07) is 20.8. The average Bonchev–Trinajstić information content (AvgIpc) is 2.59. The molecule has 2 heteroatoms. The van der Waals surface area contributed by atoms with Gasteiger partial charge in [0.15, 0.2) is 0 Å². The van der Waals surface area contributed by atoms with E-state index in [2.05, 4.69) is 48.5 Å². The van der Waals surface area contributed by atoms with Gasteiger partial charge in [-0.1, -0.05) is 54.6 Å². The van der Waals surface area contributed by atoms with E-state index in [1.165, 1.54) is 10.8 Å². The van der Waals surface area contributed by atoms with Gasteiger partial charge in [0.25, 0.3) is 0 Å². The third-order valence-electron chi connectivity index (χ3n) is 4.23. The summed E-state index contributed by atoms with van der Waals surface area (Å²) in [7, 11) is 3.46. The second kappa shape index (κ2) is 4.92. The van der Waals surface area contributed by atoms with Crippen LogP contribution in [0.3, 0.4) is 0 Å². The highest BCUT2D eigenvalue weighted by atomic mass is 16.5. The molecular formula is C20H16O2. The van der Waals surface area contributed by atoms with Gasteiger partial charge in [0.2, 0.25) is 0 Å². The zero-order valence-corrected chi connectivity index (χ0v) is 12.6. The number of benzene rings is 4. The first-order chi connectivity index (χ1) is 10.8. The molecule has 0 radical (unpaired) electrons. The Morgan fingerprint density at radius 2 is 1.14 bits per heavy atom. The van der Waals surface area contributed by atoms with Gasteiger partial charge in [-0.3, -0.25) is 0 Å². The molecule has 0 aliphatic carbocycles. The lowest BCUT2D eigenvalue weighted by molar-refractivity contribution is 0.418. The topological polar surface area (TPSA) is 18.5 Å². The zero-order chi connectivity index (χ0) is 15.1. The van der Waals surface area contributed by atoms with Crippen molar-refractivity contribution in [2.45, 2.75) is 0 Å². The summed E-state index contributed by atoms with van der Waals surface area (Å²) in [5.41, 5.74) is 0. The first-order valence-electron chi connectivity index (χ1n) is 7.29. The van der Waals surface area contributed by atoms with Crippen molar-refractivity contribution >= 4 is 32.3 Å². The maximum Gasteiger partial charge on any atom is 0.135 e. The maximum atomic E-state index is 5.79. The van der Waals surface area contributed by atoms with Crippen molar-refractivity contribution in [2.24, 2.45) is 0 Å². The van der Waals surface area contributed by atoms with Crippen molar-refractivity contribution < 1.29 is 9.47 Å². The minimum absolute atomic E-state index is 0.900. The van der Waals surface area contributed by atoms with E-state index in [0.717, 1.165) is 33.0 Å². The van der Waals surface area contributed by atoms with Gasteiger partial charge in [0.1, 0.15) is 11.5 Å². The lowest BCUT2D eigenvalue weighted by Gasteiger charge is -2.16. The van der Waals surface area contributed by atoms with Crippen LogP contribution < -0.4 is 9.47 Å². The van der Waals surface area contributed by atoms with Gasteiger partial charge in [0, 0.05) is 21.5 Å². The van der Waals surface area contributed by atoms with Crippen LogP contribution in [-0.4, -0.2) is 14.2 Å². The van der Waals surface area contributed by atoms with E-state index in [1.807, 2.05) is 12.1 Å². The second-order valence-corrected chi connectivity index (χ2v) is 5.32. The molecule has 0 heterocycles. The van der Waals surface area contributed by atoms with Crippen molar-refractivity contribution in [1.29, 1.82) is 0 Å². The molecule has 0 atom stereocenters. The monoisotopic (exact) mass is 288 g/mol. The van der Waals surface area contributed by atoms with Gasteiger partial charge in [-0.25, -0.2) is 0 Å². The Kier molecular flexibility index (Phi) is 2.90. The van der Waals surface area contributed by atoms with Crippen LogP contribution >= 0.6 is 0 Å². The molecule has 4 aromatic carbocycles. The fourth-order valence-electron chi connectivity index (χ4n) is 3.30. The maximum absolute atomic E-state index is 5.79. The van der Waals surface area contributed by atoms with Gasteiger partial charge in [-0.15, -0.1) is 0 Å². The fraction of sp³-hybridized carbons (Fsp3) is 0.100. The first-order valence-corrected chi connectivity index (χ1v) is 7.29. The largest absolute Gasteiger partial charge is 0.495 e. The molecule has 0 bridgehead atoms. The molecule has 0 saturated heterocycles. The Morgan fingerprint density at radius 1 is 0.545 bits per heavy atom. The molecule has 0 N–H and O–H groups in total. The van der Waals surface area contributed by atoms with Gasteiger partial charge >= 0.3 is 0 Å². The number of hydrogen-bond acceptors (Lipinski definition) is 2. The normalized spacial score (nSPS) is 11.2. The van der Waals surface area contributed by atoms with Crippen LogP contribution in [0.5, 0.6) is 11.5 Å². The summed E-state index contributed by atoms with van der Waals surface area (Å²) >= 11 is 0. The predicted octanol–water partition coefficient (Wildman–Crippen LogP) is 5.16. The minimum atomic E-state index is 0.900. The highest BCUT2D eigenvalue weighted by Crippen LogP contribution is 2.45. The summed E-state index contributed by atoms with van der Waals surface area (Å²) in [5, 5.41) is 6.72. The Bertz CT molecular complexity index is 1000. The highest BCUT2D eigenvalue weighted by Gasteiger charge is 2.16. The Balaban J connectivity index is 2.36. The van der Waals surface area contributed by atoms with Crippen LogP contribution in [0.4, 0.5) is 0 Å². The molecule has 0 amide bonds. The molecule has 0 fully saturated rings. The van der Waals surface area contributed by atoms with E-state index in [0.29, 0.717) is 0 Å². The number of hydrogen-bond donors (Lipinski definition) is 0. The summed E-state index contributed by atoms with van der Waals surface area (Å²) < 4.78 is 11.5. The van der Waals surface area contributed by atoms with Gasteiger partial charge in [0.05, 0.1) is 14.2 Å². The molecule has 2 nitrogen and oxygen atoms in total. The van der Waals surface area contributed by atoms with Crippen molar-refractivity contribution in [1.82, 2.24) is 0 Å². The van der Waals surface area contributed by atoms with Crippen molar-refractivity contribution in [2.75, 3.05) is 14.2 Å². The summed E-state index contributed by atoms with van der Waals surface area (Å²) in [5.74, 6) is 1.81. The SMILES string of the molecule is COc1c2ccccc2c(OC)c2c1ccc1ccccc12. The Morgan fingerprint density at radius 3 is 1.82 bits per heavy atom. The molecule has 4 rings (SSSR count). The third kappa shape index (κ3) is 1.67. The molecule has 0 aliphatic heterocycles. The van der Waals surface area contributed by atoms with Gasteiger partial charge in [-0.2, -0.15) is 0 Å². The Labute approximate surface area is 128 Å². The van der Waals surface area contributed by atoms with Gasteiger partial charge < -0.3 is 9.47 Å². The highest BCUT2D eigenvalue weighted by molar-refractivity contribution is 6.20. The van der Waals surface area contributed by atoms with E-state index in [-0.39, 0.29) is 0 Å². The lowest BCUT2D eigenvalue weighted by atomic mass is 9.96. The van der Waals surface area contributed by atoms with Crippen molar-refractivity contribution in [3.8, 4) is 11.5 Å². The number of ether oxygens (including phenoxy) is 2. The third-order valence-corrected chi connectivity index (χ3v) is 4.23. The first kappa shape index (κ1) is 13.0. The standard InChI is InChI=1S/C20H16O2/c1-21-19-15-9-5-6-10-16(15)20(22-2)18-14-8-4-3-7-13(14)11-12-17(18)19/h3-12H,1-2H3. The van der Waals surface area contributed by atoms with Crippen LogP contribution in [0.25, 0.3) is 32.3 Å². The van der Waals surface area contributed by atoms with Crippen LogP contribution in [0.15, 0.2) is 60.7 Å². The summed E-state index contributed by atoms with van der Waals surface area (Å²) in [4.78, 5) is 0. The minimum Gasteiger partial charge on any atom is -0.495 e. The molecule has 4 aromatic rings. The predicted molar refractivity (Wildman–Crippen MR) is 92.1 cm³/mol. The van der Waals surface area contributed by atoms with Crippen LogP contribution in [0.1, 0.15) is 0 Å². The van der Waals surface area contributed by atoms with E-state index in [4.69, 9.17) is 9.47 Å². The quantitative estimate of drug-likeness (QED) is 0.374. The van der Waals surface area contributed by atoms with E-state index < -0.39 is 0 Å². The Hall–Kier alpha value is -2.74. The van der Waals surface area contributed by atoms with Gasteiger partial charge in [-0.05, 0) is 16.8 Å². The molecule has 108 valence electrons. The smallest absolute Gasteiger partial charge is 0.135 e. The summed E-state index contributed by atoms with van der Waals surface area (Å²) in [6.45, 7) is 0. The number of fused-ring (bicyclic) bond motifs is 4. The lowest BCUT2D eigenvalue weighted by Crippen LogP contribution is -1.93. The molecule has 0 saturated carbocycles. The molecule has 0 spiro atoms. The number of methoxy groups -OCH3 is 2. The van der Waals surface area contributed by atoms with E-state index >= 15 is 0 Å². The number of rotatable bonds is 2. The molecule has 0 aliphatic rings. The average molecular weight is 288 g/mol. The summed E-state index contributed by atoms with van der Waals surface area (Å²) in [6.07, 6.45) is 0. The van der Waals surface area contributed by atoms with E-state index in [9.17, 15) is 0 Å². The van der Waals surface area contributed by atoms with E-state index in [1.54, 1.807) is 14.2 Å². The molecule has 22 heavy (non-hydrogen) atoms. The molecule has 0 unspecified atom stereocenters. The second-order valence-electron chi connectivity index (χ2n) is 5.32. The van der Waals surface area contributed by atoms with Crippen LogP contribution in [0, 0.1) is 0 Å². The van der Waals surface area contributed by atoms with Crippen LogP contribution in [0.2, 0.25) is 0 Å². The molecule has 0 aromatic heterocycles. The van der Waals surface area contributed by atoms with Crippen LogP contribution in [-0.2, 0) is 0 Å². The zero-order valence-electron chi connectivity index (χ0n) is 12.6. The fourth-order valence-corrected chi connectivity index (χ4v) is 3.30. The van der Waals surface area contributed by atoms with Crippen molar-refractivity contribution in [3.63, 3.8) is 0 Å².